The molecule has 0 unspecified atom stereocenters. The van der Waals surface area contributed by atoms with E-state index in [1.165, 1.54) is 12.1 Å². The fourth-order valence-corrected chi connectivity index (χ4v) is 1.35. The smallest absolute Gasteiger partial charge is 0.344 e. The van der Waals surface area contributed by atoms with Crippen LogP contribution in [0.4, 0.5) is 0 Å². The molecule has 1 aromatic carbocycles. The van der Waals surface area contributed by atoms with Crippen LogP contribution in [0, 0.1) is 0 Å². The molecular weight excluding hydrogens is 223 g/mol. The fourth-order valence-electron chi connectivity index (χ4n) is 0.868. The minimum Gasteiger partial charge on any atom is -0.428 e. The Morgan fingerprint density at radius 3 is 2.57 bits per heavy atom. The molecule has 0 aliphatic carbocycles. The molecule has 74 valence electrons. The third-order valence-electron chi connectivity index (χ3n) is 1.42. The molecule has 0 aliphatic rings. The van der Waals surface area contributed by atoms with Crippen LogP contribution in [0.25, 0.3) is 0 Å². The Balaban J connectivity index is 2.96. The summed E-state index contributed by atoms with van der Waals surface area (Å²) in [5, 5.41) is 0.741. The third kappa shape index (κ3) is 2.76. The molecule has 1 rings (SSSR count). The second-order valence-electron chi connectivity index (χ2n) is 2.72. The summed E-state index contributed by atoms with van der Waals surface area (Å²) in [7, 11) is 0. The second kappa shape index (κ2) is 4.49. The van der Waals surface area contributed by atoms with E-state index >= 15 is 0 Å². The monoisotopic (exact) mass is 230 g/mol. The number of hydrogen-bond acceptors (Lipinski definition) is 2. The van der Waals surface area contributed by atoms with E-state index in [4.69, 9.17) is 27.9 Å². The van der Waals surface area contributed by atoms with Crippen LogP contribution in [0.3, 0.4) is 0 Å². The number of esters is 1. The number of hydrogen-bond donors (Lipinski definition) is 0. The molecule has 4 heteroatoms. The Morgan fingerprint density at radius 2 is 2.07 bits per heavy atom. The summed E-state index contributed by atoms with van der Waals surface area (Å²) in [6.45, 7) is 5.04. The average molecular weight is 231 g/mol. The number of halogens is 2. The highest BCUT2D eigenvalue weighted by atomic mass is 35.5. The highest BCUT2D eigenvalue weighted by molar-refractivity contribution is 6.36. The zero-order valence-corrected chi connectivity index (χ0v) is 9.02. The number of allylic oxidation sites excluding steroid dienone is 1. The van der Waals surface area contributed by atoms with Gasteiger partial charge in [-0.3, -0.25) is 0 Å². The van der Waals surface area contributed by atoms with Crippen molar-refractivity contribution in [3.05, 3.63) is 46.1 Å². The zero-order chi connectivity index (χ0) is 10.7. The molecule has 0 amide bonds. The lowest BCUT2D eigenvalue weighted by Gasteiger charge is -2.04. The second-order valence-corrected chi connectivity index (χ2v) is 3.56. The molecule has 0 heterocycles. The average Bonchev–Trinajstić information content (AvgIpc) is 2.01. The first-order valence-corrected chi connectivity index (χ1v) is 4.59. The Bertz CT molecular complexity index is 386. The van der Waals surface area contributed by atoms with Gasteiger partial charge in [0, 0.05) is 5.02 Å². The van der Waals surface area contributed by atoms with E-state index in [9.17, 15) is 4.79 Å². The van der Waals surface area contributed by atoms with Gasteiger partial charge in [0.2, 0.25) is 0 Å². The number of carbonyl (C=O) groups is 1. The predicted octanol–water partition coefficient (Wildman–Crippen LogP) is 3.68. The van der Waals surface area contributed by atoms with Crippen molar-refractivity contribution in [1.82, 2.24) is 0 Å². The minimum atomic E-state index is -0.529. The lowest BCUT2D eigenvalue weighted by Crippen LogP contribution is -2.03. The van der Waals surface area contributed by atoms with Gasteiger partial charge >= 0.3 is 5.97 Å². The van der Waals surface area contributed by atoms with E-state index in [-0.39, 0.29) is 10.6 Å². The molecule has 0 aliphatic heterocycles. The highest BCUT2D eigenvalue weighted by Gasteiger charge is 2.11. The zero-order valence-electron chi connectivity index (χ0n) is 7.51. The maximum atomic E-state index is 11.4. The number of benzene rings is 1. The van der Waals surface area contributed by atoms with Crippen molar-refractivity contribution in [2.75, 3.05) is 0 Å². The van der Waals surface area contributed by atoms with Gasteiger partial charge in [0.1, 0.15) is 0 Å². The van der Waals surface area contributed by atoms with Crippen LogP contribution in [-0.4, -0.2) is 5.97 Å². The molecule has 2 nitrogen and oxygen atoms in total. The van der Waals surface area contributed by atoms with Crippen LogP contribution in [-0.2, 0) is 4.74 Å². The SMILES string of the molecule is C=C(C)OC(=O)c1ccc(Cl)cc1Cl. The molecule has 0 bridgehead atoms. The summed E-state index contributed by atoms with van der Waals surface area (Å²) in [6.07, 6.45) is 0. The van der Waals surface area contributed by atoms with Crippen molar-refractivity contribution >= 4 is 29.2 Å². The molecule has 0 fully saturated rings. The Kier molecular flexibility index (Phi) is 3.55. The molecule has 0 N–H and O–H groups in total. The van der Waals surface area contributed by atoms with E-state index < -0.39 is 5.97 Å². The maximum absolute atomic E-state index is 11.4. The molecule has 1 aromatic rings. The van der Waals surface area contributed by atoms with Crippen LogP contribution < -0.4 is 0 Å². The van der Waals surface area contributed by atoms with E-state index in [2.05, 4.69) is 6.58 Å². The molecular formula is C10H8Cl2O2. The van der Waals surface area contributed by atoms with Gasteiger partial charge in [0.05, 0.1) is 16.3 Å². The Labute approximate surface area is 92.1 Å². The van der Waals surface area contributed by atoms with Crippen LogP contribution in [0.15, 0.2) is 30.5 Å². The van der Waals surface area contributed by atoms with E-state index in [0.29, 0.717) is 10.8 Å². The van der Waals surface area contributed by atoms with Crippen LogP contribution in [0.5, 0.6) is 0 Å². The molecule has 0 aromatic heterocycles. The maximum Gasteiger partial charge on any atom is 0.344 e. The van der Waals surface area contributed by atoms with Gasteiger partial charge in [0.15, 0.2) is 0 Å². The lowest BCUT2D eigenvalue weighted by molar-refractivity contribution is 0.0628. The Morgan fingerprint density at radius 1 is 1.43 bits per heavy atom. The van der Waals surface area contributed by atoms with Crippen molar-refractivity contribution in [3.63, 3.8) is 0 Å². The number of ether oxygens (including phenoxy) is 1. The summed E-state index contributed by atoms with van der Waals surface area (Å²) in [4.78, 5) is 11.4. The lowest BCUT2D eigenvalue weighted by atomic mass is 10.2. The molecule has 0 radical (unpaired) electrons. The van der Waals surface area contributed by atoms with Gasteiger partial charge in [-0.1, -0.05) is 29.8 Å². The van der Waals surface area contributed by atoms with Gasteiger partial charge in [-0.15, -0.1) is 0 Å². The van der Waals surface area contributed by atoms with Crippen LogP contribution >= 0.6 is 23.2 Å². The summed E-state index contributed by atoms with van der Waals surface area (Å²) < 4.78 is 4.80. The minimum absolute atomic E-state index is 0.267. The summed E-state index contributed by atoms with van der Waals surface area (Å²) in [6, 6.07) is 4.57. The number of carbonyl (C=O) groups excluding carboxylic acids is 1. The van der Waals surface area contributed by atoms with Gasteiger partial charge in [-0.25, -0.2) is 4.79 Å². The van der Waals surface area contributed by atoms with Gasteiger partial charge in [0.25, 0.3) is 0 Å². The largest absolute Gasteiger partial charge is 0.428 e. The Hall–Kier alpha value is -0.990. The van der Waals surface area contributed by atoms with Crippen LogP contribution in [0.2, 0.25) is 10.0 Å². The van der Waals surface area contributed by atoms with Crippen molar-refractivity contribution in [2.24, 2.45) is 0 Å². The molecule has 14 heavy (non-hydrogen) atoms. The van der Waals surface area contributed by atoms with E-state index in [0.717, 1.165) is 0 Å². The summed E-state index contributed by atoms with van der Waals surface area (Å²) >= 11 is 11.5. The first-order chi connectivity index (χ1) is 6.50. The third-order valence-corrected chi connectivity index (χ3v) is 1.97. The quantitative estimate of drug-likeness (QED) is 0.573. The van der Waals surface area contributed by atoms with Crippen LogP contribution in [0.1, 0.15) is 17.3 Å². The van der Waals surface area contributed by atoms with Crippen molar-refractivity contribution in [1.29, 1.82) is 0 Å². The van der Waals surface area contributed by atoms with Crippen molar-refractivity contribution in [3.8, 4) is 0 Å². The topological polar surface area (TPSA) is 26.3 Å². The molecule has 0 saturated carbocycles. The van der Waals surface area contributed by atoms with E-state index in [1.54, 1.807) is 13.0 Å². The van der Waals surface area contributed by atoms with Gasteiger partial charge < -0.3 is 4.74 Å². The first kappa shape index (κ1) is 11.1. The summed E-state index contributed by atoms with van der Waals surface area (Å²) in [5.74, 6) is -0.208. The molecule has 0 saturated heterocycles. The van der Waals surface area contributed by atoms with Gasteiger partial charge in [-0.2, -0.15) is 0 Å². The van der Waals surface area contributed by atoms with E-state index in [1.807, 2.05) is 0 Å². The fraction of sp³-hybridized carbons (Fsp3) is 0.100. The van der Waals surface area contributed by atoms with Crippen molar-refractivity contribution < 1.29 is 9.53 Å². The van der Waals surface area contributed by atoms with Crippen molar-refractivity contribution in [2.45, 2.75) is 6.92 Å². The first-order valence-electron chi connectivity index (χ1n) is 3.83. The normalized spacial score (nSPS) is 9.64. The predicted molar refractivity (Wildman–Crippen MR) is 56.7 cm³/mol. The molecule has 0 spiro atoms. The van der Waals surface area contributed by atoms with Gasteiger partial charge in [-0.05, 0) is 25.1 Å². The standard InChI is InChI=1S/C10H8Cl2O2/c1-6(2)14-10(13)8-4-3-7(11)5-9(8)12/h3-5H,1H2,2H3. The number of rotatable bonds is 2. The molecule has 0 atom stereocenters. The summed E-state index contributed by atoms with van der Waals surface area (Å²) in [5.41, 5.74) is 0.277. The highest BCUT2D eigenvalue weighted by Crippen LogP contribution is 2.22.